The Kier molecular flexibility index (Phi) is 6.28. The minimum absolute atomic E-state index is 0.0544. The molecule has 1 fully saturated rings. The Labute approximate surface area is 109 Å². The van der Waals surface area contributed by atoms with Crippen LogP contribution in [0, 0.1) is 5.92 Å². The third kappa shape index (κ3) is 4.84. The summed E-state index contributed by atoms with van der Waals surface area (Å²) in [5, 5.41) is 12.5. The maximum absolute atomic E-state index is 11.8. The maximum atomic E-state index is 11.8. The first kappa shape index (κ1) is 14.8. The average Bonchev–Trinajstić information content (AvgIpc) is 2.33. The quantitative estimate of drug-likeness (QED) is 0.570. The van der Waals surface area contributed by atoms with Gasteiger partial charge in [-0.05, 0) is 44.4 Å². The summed E-state index contributed by atoms with van der Waals surface area (Å²) in [7, 11) is 0. The van der Waals surface area contributed by atoms with Crippen LogP contribution < -0.4 is 5.32 Å². The summed E-state index contributed by atoms with van der Waals surface area (Å²) >= 11 is 5.58. The second-order valence-corrected chi connectivity index (χ2v) is 5.69. The van der Waals surface area contributed by atoms with Crippen LogP contribution in [-0.4, -0.2) is 29.0 Å². The molecule has 1 aliphatic carbocycles. The van der Waals surface area contributed by atoms with Crippen LogP contribution in [0.2, 0.25) is 0 Å². The first-order valence-corrected chi connectivity index (χ1v) is 7.13. The van der Waals surface area contributed by atoms with Gasteiger partial charge in [0, 0.05) is 12.3 Å². The Morgan fingerprint density at radius 2 is 2.06 bits per heavy atom. The van der Waals surface area contributed by atoms with Gasteiger partial charge in [-0.3, -0.25) is 4.79 Å². The van der Waals surface area contributed by atoms with Crippen molar-refractivity contribution in [1.29, 1.82) is 0 Å². The number of hydrogen-bond acceptors (Lipinski definition) is 2. The van der Waals surface area contributed by atoms with E-state index in [9.17, 15) is 9.90 Å². The summed E-state index contributed by atoms with van der Waals surface area (Å²) in [6.45, 7) is 2.28. The van der Waals surface area contributed by atoms with Crippen molar-refractivity contribution in [3.63, 3.8) is 0 Å². The third-order valence-corrected chi connectivity index (χ3v) is 3.99. The highest BCUT2D eigenvalue weighted by molar-refractivity contribution is 6.17. The van der Waals surface area contributed by atoms with Gasteiger partial charge in [0.15, 0.2) is 0 Å². The van der Waals surface area contributed by atoms with Crippen LogP contribution in [0.4, 0.5) is 0 Å². The molecule has 1 rings (SSSR count). The maximum Gasteiger partial charge on any atom is 0.220 e. The third-order valence-electron chi connectivity index (χ3n) is 3.73. The van der Waals surface area contributed by atoms with Gasteiger partial charge in [0.2, 0.25) is 5.91 Å². The monoisotopic (exact) mass is 261 g/mol. The average molecular weight is 262 g/mol. The Balaban J connectivity index is 2.37. The van der Waals surface area contributed by atoms with Gasteiger partial charge < -0.3 is 10.4 Å². The van der Waals surface area contributed by atoms with E-state index in [1.54, 1.807) is 0 Å². The molecule has 0 aromatic carbocycles. The number of rotatable bonds is 6. The lowest BCUT2D eigenvalue weighted by molar-refractivity contribution is -0.124. The number of carbonyl (C=O) groups is 1. The van der Waals surface area contributed by atoms with E-state index in [0.717, 1.165) is 38.5 Å². The molecule has 4 heteroatoms. The molecule has 0 aromatic heterocycles. The normalized spacial score (nSPS) is 29.0. The number of carbonyl (C=O) groups excluding carboxylic acids is 1. The first-order valence-electron chi connectivity index (χ1n) is 6.60. The van der Waals surface area contributed by atoms with Crippen LogP contribution in [0.15, 0.2) is 0 Å². The molecule has 0 atom stereocenters. The summed E-state index contributed by atoms with van der Waals surface area (Å²) < 4.78 is 0. The second-order valence-electron chi connectivity index (χ2n) is 5.32. The van der Waals surface area contributed by atoms with Crippen molar-refractivity contribution in [2.75, 3.05) is 12.5 Å². The molecule has 0 aliphatic heterocycles. The fourth-order valence-electron chi connectivity index (χ4n) is 2.38. The molecule has 1 aliphatic rings. The molecular weight excluding hydrogens is 238 g/mol. The van der Waals surface area contributed by atoms with Gasteiger partial charge in [-0.15, -0.1) is 11.6 Å². The standard InChI is InChI=1S/C13H24ClNO2/c1-11-5-7-13(10-16,8-6-11)15-12(17)4-2-3-9-14/h11,16H,2-10H2,1H3,(H,15,17). The lowest BCUT2D eigenvalue weighted by Gasteiger charge is -2.38. The van der Waals surface area contributed by atoms with Gasteiger partial charge in [-0.1, -0.05) is 6.92 Å². The van der Waals surface area contributed by atoms with Gasteiger partial charge in [0.05, 0.1) is 12.1 Å². The zero-order valence-electron chi connectivity index (χ0n) is 10.7. The molecule has 1 saturated carbocycles. The number of alkyl halides is 1. The van der Waals surface area contributed by atoms with E-state index in [1.807, 2.05) is 0 Å². The first-order chi connectivity index (χ1) is 8.12. The van der Waals surface area contributed by atoms with E-state index in [-0.39, 0.29) is 18.1 Å². The predicted octanol–water partition coefficient (Wildman–Crippen LogP) is 2.45. The minimum Gasteiger partial charge on any atom is -0.394 e. The lowest BCUT2D eigenvalue weighted by atomic mass is 9.77. The summed E-state index contributed by atoms with van der Waals surface area (Å²) in [5.41, 5.74) is -0.357. The molecule has 3 nitrogen and oxygen atoms in total. The Bertz CT molecular complexity index is 238. The van der Waals surface area contributed by atoms with Gasteiger partial charge in [0.1, 0.15) is 0 Å². The van der Waals surface area contributed by atoms with Crippen molar-refractivity contribution in [2.24, 2.45) is 5.92 Å². The predicted molar refractivity (Wildman–Crippen MR) is 70.2 cm³/mol. The highest BCUT2D eigenvalue weighted by atomic mass is 35.5. The van der Waals surface area contributed by atoms with Gasteiger partial charge in [0.25, 0.3) is 0 Å². The smallest absolute Gasteiger partial charge is 0.220 e. The molecule has 17 heavy (non-hydrogen) atoms. The Hall–Kier alpha value is -0.280. The van der Waals surface area contributed by atoms with E-state index in [0.29, 0.717) is 18.2 Å². The van der Waals surface area contributed by atoms with Crippen molar-refractivity contribution in [3.8, 4) is 0 Å². The molecule has 0 spiro atoms. The van der Waals surface area contributed by atoms with Crippen LogP contribution in [0.5, 0.6) is 0 Å². The van der Waals surface area contributed by atoms with Gasteiger partial charge >= 0.3 is 0 Å². The van der Waals surface area contributed by atoms with Crippen LogP contribution in [0.1, 0.15) is 51.9 Å². The van der Waals surface area contributed by atoms with Crippen molar-refractivity contribution in [2.45, 2.75) is 57.4 Å². The minimum atomic E-state index is -0.357. The van der Waals surface area contributed by atoms with Crippen molar-refractivity contribution in [1.82, 2.24) is 5.32 Å². The molecule has 0 saturated heterocycles. The number of aliphatic hydroxyl groups is 1. The number of halogens is 1. The lowest BCUT2D eigenvalue weighted by Crippen LogP contribution is -2.53. The van der Waals surface area contributed by atoms with E-state index in [2.05, 4.69) is 12.2 Å². The van der Waals surface area contributed by atoms with E-state index in [1.165, 1.54) is 0 Å². The summed E-state index contributed by atoms with van der Waals surface area (Å²) in [5.74, 6) is 1.37. The fraction of sp³-hybridized carbons (Fsp3) is 0.923. The number of amides is 1. The fourth-order valence-corrected chi connectivity index (χ4v) is 2.56. The molecule has 100 valence electrons. The highest BCUT2D eigenvalue weighted by Crippen LogP contribution is 2.31. The summed E-state index contributed by atoms with van der Waals surface area (Å²) in [6.07, 6.45) is 6.18. The van der Waals surface area contributed by atoms with Crippen LogP contribution in [-0.2, 0) is 4.79 Å². The van der Waals surface area contributed by atoms with Crippen molar-refractivity contribution in [3.05, 3.63) is 0 Å². The topological polar surface area (TPSA) is 49.3 Å². The van der Waals surface area contributed by atoms with Crippen molar-refractivity contribution >= 4 is 17.5 Å². The van der Waals surface area contributed by atoms with E-state index < -0.39 is 0 Å². The summed E-state index contributed by atoms with van der Waals surface area (Å²) in [6, 6.07) is 0. The highest BCUT2D eigenvalue weighted by Gasteiger charge is 2.34. The van der Waals surface area contributed by atoms with Gasteiger partial charge in [-0.25, -0.2) is 0 Å². The van der Waals surface area contributed by atoms with Crippen LogP contribution in [0.25, 0.3) is 0 Å². The SMILES string of the molecule is CC1CCC(CO)(NC(=O)CCCCCl)CC1. The molecular formula is C13H24ClNO2. The molecule has 2 N–H and O–H groups in total. The molecule has 1 amide bonds. The number of aliphatic hydroxyl groups excluding tert-OH is 1. The molecule has 0 radical (unpaired) electrons. The van der Waals surface area contributed by atoms with E-state index >= 15 is 0 Å². The zero-order valence-corrected chi connectivity index (χ0v) is 11.4. The number of hydrogen-bond donors (Lipinski definition) is 2. The van der Waals surface area contributed by atoms with Crippen LogP contribution in [0.3, 0.4) is 0 Å². The zero-order chi connectivity index (χ0) is 12.7. The van der Waals surface area contributed by atoms with E-state index in [4.69, 9.17) is 11.6 Å². The molecule has 0 unspecified atom stereocenters. The Morgan fingerprint density at radius 1 is 1.41 bits per heavy atom. The van der Waals surface area contributed by atoms with Gasteiger partial charge in [-0.2, -0.15) is 0 Å². The van der Waals surface area contributed by atoms with Crippen LogP contribution >= 0.6 is 11.6 Å². The number of unbranched alkanes of at least 4 members (excludes halogenated alkanes) is 1. The molecule has 0 bridgehead atoms. The Morgan fingerprint density at radius 3 is 2.59 bits per heavy atom. The number of nitrogens with one attached hydrogen (secondary N) is 1. The largest absolute Gasteiger partial charge is 0.394 e. The summed E-state index contributed by atoms with van der Waals surface area (Å²) in [4.78, 5) is 11.8. The molecule has 0 aromatic rings. The second kappa shape index (κ2) is 7.22. The molecule has 0 heterocycles. The van der Waals surface area contributed by atoms with Crippen molar-refractivity contribution < 1.29 is 9.90 Å².